The first kappa shape index (κ1) is 45.0. The lowest BCUT2D eigenvalue weighted by atomic mass is 10.2. The van der Waals surface area contributed by atoms with E-state index in [-0.39, 0.29) is 32.0 Å². The van der Waals surface area contributed by atoms with Gasteiger partial charge in [0.15, 0.2) is 0 Å². The second kappa shape index (κ2) is 40.2. The number of halogens is 1. The van der Waals surface area contributed by atoms with Gasteiger partial charge in [0.1, 0.15) is 6.61 Å². The molecular weight excluding hydrogens is 680 g/mol. The molecule has 0 aromatic rings. The summed E-state index contributed by atoms with van der Waals surface area (Å²) < 4.78 is 64.5. The third-order valence-corrected chi connectivity index (χ3v) is 5.78. The van der Waals surface area contributed by atoms with Crippen molar-refractivity contribution in [1.82, 2.24) is 0 Å². The van der Waals surface area contributed by atoms with Crippen molar-refractivity contribution in [2.45, 2.75) is 25.7 Å². The number of carboxylic acids is 1. The van der Waals surface area contributed by atoms with Crippen LogP contribution in [0.1, 0.15) is 25.7 Å². The van der Waals surface area contributed by atoms with Crippen LogP contribution in [-0.4, -0.2) is 174 Å². The molecule has 0 radical (unpaired) electrons. The topological polar surface area (TPSA) is 165 Å². The van der Waals surface area contributed by atoms with Gasteiger partial charge in [-0.05, 0) is 12.8 Å². The third-order valence-electron chi connectivity index (χ3n) is 5.45. The summed E-state index contributed by atoms with van der Waals surface area (Å²) in [5.74, 6) is -1.21. The number of carbonyl (C=O) groups is 2. The average Bonchev–Trinajstić information content (AvgIpc) is 3.05. The first-order valence-corrected chi connectivity index (χ1v) is 17.1. The first-order valence-electron chi connectivity index (χ1n) is 15.9. The van der Waals surface area contributed by atoms with Crippen molar-refractivity contribution >= 4 is 27.9 Å². The molecule has 1 N–H and O–H groups in total. The summed E-state index contributed by atoms with van der Waals surface area (Å²) in [6.45, 7) is 11.0. The molecule has 0 fully saturated rings. The number of carbonyl (C=O) groups excluding carboxylic acids is 1. The fourth-order valence-corrected chi connectivity index (χ4v) is 3.42. The second-order valence-electron chi connectivity index (χ2n) is 9.25. The summed E-state index contributed by atoms with van der Waals surface area (Å²) in [7, 11) is 0. The molecule has 15 nitrogen and oxygen atoms in total. The van der Waals surface area contributed by atoms with E-state index >= 15 is 0 Å². The second-order valence-corrected chi connectivity index (χ2v) is 10.0. The van der Waals surface area contributed by atoms with Gasteiger partial charge in [-0.1, -0.05) is 15.9 Å². The minimum absolute atomic E-state index is 0.0602. The summed E-state index contributed by atoms with van der Waals surface area (Å²) in [6, 6.07) is 0. The largest absolute Gasteiger partial charge is 0.481 e. The normalized spacial score (nSPS) is 11.3. The lowest BCUT2D eigenvalue weighted by Crippen LogP contribution is -2.15. The maximum absolute atomic E-state index is 11.5. The number of rotatable bonds is 40. The molecule has 0 heterocycles. The molecule has 0 aliphatic heterocycles. The number of hydrogen-bond donors (Lipinski definition) is 1. The summed E-state index contributed by atoms with van der Waals surface area (Å²) in [4.78, 5) is 21.9. The van der Waals surface area contributed by atoms with Crippen molar-refractivity contribution in [3.63, 3.8) is 0 Å². The van der Waals surface area contributed by atoms with Gasteiger partial charge in [0, 0.05) is 18.2 Å². The monoisotopic (exact) mass is 736 g/mol. The predicted octanol–water partition coefficient (Wildman–Crippen LogP) is 1.75. The van der Waals surface area contributed by atoms with Gasteiger partial charge in [0.25, 0.3) is 0 Å². The Morgan fingerprint density at radius 3 is 0.870 bits per heavy atom. The Morgan fingerprint density at radius 1 is 0.370 bits per heavy atom. The first-order chi connectivity index (χ1) is 22.7. The van der Waals surface area contributed by atoms with Gasteiger partial charge in [-0.2, -0.15) is 0 Å². The molecule has 274 valence electrons. The zero-order chi connectivity index (χ0) is 33.4. The van der Waals surface area contributed by atoms with E-state index in [2.05, 4.69) is 15.9 Å². The Hall–Kier alpha value is -1.02. The van der Waals surface area contributed by atoms with Gasteiger partial charge < -0.3 is 61.9 Å². The number of carboxylic acid groups (broad SMARTS) is 1. The highest BCUT2D eigenvalue weighted by molar-refractivity contribution is 9.09. The van der Waals surface area contributed by atoms with E-state index in [9.17, 15) is 9.59 Å². The fourth-order valence-electron chi connectivity index (χ4n) is 3.19. The maximum Gasteiger partial charge on any atom is 0.305 e. The van der Waals surface area contributed by atoms with Gasteiger partial charge in [-0.25, -0.2) is 0 Å². The van der Waals surface area contributed by atoms with Gasteiger partial charge in [-0.15, -0.1) is 0 Å². The maximum atomic E-state index is 11.5. The molecule has 0 aliphatic carbocycles. The number of ether oxygens (including phenoxy) is 12. The average molecular weight is 738 g/mol. The summed E-state index contributed by atoms with van der Waals surface area (Å²) >= 11 is 3.29. The number of esters is 1. The highest BCUT2D eigenvalue weighted by Crippen LogP contribution is 2.01. The van der Waals surface area contributed by atoms with Gasteiger partial charge in [-0.3, -0.25) is 9.59 Å². The minimum Gasteiger partial charge on any atom is -0.481 e. The molecule has 0 bridgehead atoms. The quantitative estimate of drug-likeness (QED) is 0.0549. The number of aliphatic carboxylic acids is 1. The van der Waals surface area contributed by atoms with E-state index in [4.69, 9.17) is 61.9 Å². The van der Waals surface area contributed by atoms with E-state index in [1.165, 1.54) is 0 Å². The Balaban J connectivity index is 3.09. The van der Waals surface area contributed by atoms with Crippen molar-refractivity contribution in [2.24, 2.45) is 0 Å². The van der Waals surface area contributed by atoms with Crippen LogP contribution in [0.2, 0.25) is 0 Å². The molecular formula is C30H57BrO15. The third kappa shape index (κ3) is 41.0. The van der Waals surface area contributed by atoms with Crippen LogP contribution in [0.4, 0.5) is 0 Å². The van der Waals surface area contributed by atoms with Crippen molar-refractivity contribution < 1.29 is 71.5 Å². The Labute approximate surface area is 282 Å². The molecule has 0 rings (SSSR count). The highest BCUT2D eigenvalue weighted by atomic mass is 79.9. The van der Waals surface area contributed by atoms with Crippen molar-refractivity contribution in [2.75, 3.05) is 157 Å². The zero-order valence-electron chi connectivity index (χ0n) is 27.3. The van der Waals surface area contributed by atoms with Crippen molar-refractivity contribution in [1.29, 1.82) is 0 Å². The molecule has 0 unspecified atom stereocenters. The molecule has 0 aromatic carbocycles. The Morgan fingerprint density at radius 2 is 0.609 bits per heavy atom. The van der Waals surface area contributed by atoms with Crippen LogP contribution in [0.5, 0.6) is 0 Å². The van der Waals surface area contributed by atoms with Crippen LogP contribution >= 0.6 is 15.9 Å². The van der Waals surface area contributed by atoms with Crippen LogP contribution in [-0.2, 0) is 66.4 Å². The van der Waals surface area contributed by atoms with Crippen LogP contribution in [0, 0.1) is 0 Å². The number of alkyl halides is 1. The van der Waals surface area contributed by atoms with Crippen molar-refractivity contribution in [3.05, 3.63) is 0 Å². The van der Waals surface area contributed by atoms with Crippen LogP contribution in [0.25, 0.3) is 0 Å². The van der Waals surface area contributed by atoms with E-state index in [1.807, 2.05) is 0 Å². The molecule has 16 heteroatoms. The van der Waals surface area contributed by atoms with E-state index in [0.29, 0.717) is 152 Å². The molecule has 0 aromatic heterocycles. The SMILES string of the molecule is O=C(O)CCCCC(=O)OCCOCCOCCOCCOCCOCCOCCOCCOCCOCCOCCOCCBr. The molecule has 0 spiro atoms. The standard InChI is InChI=1S/C30H57BrO15/c31-5-6-35-7-8-36-9-10-37-11-12-38-13-14-39-15-16-40-17-18-41-19-20-42-21-22-43-23-24-44-25-26-45-27-28-46-30(34)4-2-1-3-29(32)33/h1-28H2,(H,32,33). The van der Waals surface area contributed by atoms with Gasteiger partial charge in [0.2, 0.25) is 0 Å². The predicted molar refractivity (Wildman–Crippen MR) is 170 cm³/mol. The molecule has 0 amide bonds. The Bertz CT molecular complexity index is 633. The summed E-state index contributed by atoms with van der Waals surface area (Å²) in [5.41, 5.74) is 0. The lowest BCUT2D eigenvalue weighted by Gasteiger charge is -2.09. The van der Waals surface area contributed by atoms with Crippen LogP contribution in [0.15, 0.2) is 0 Å². The molecule has 0 atom stereocenters. The van der Waals surface area contributed by atoms with Gasteiger partial charge in [0.05, 0.1) is 145 Å². The summed E-state index contributed by atoms with van der Waals surface area (Å²) in [5, 5.41) is 9.37. The van der Waals surface area contributed by atoms with Crippen LogP contribution in [0.3, 0.4) is 0 Å². The highest BCUT2D eigenvalue weighted by Gasteiger charge is 2.04. The zero-order valence-corrected chi connectivity index (χ0v) is 28.9. The smallest absolute Gasteiger partial charge is 0.305 e. The number of unbranched alkanes of at least 4 members (excludes halogenated alkanes) is 1. The fraction of sp³-hybridized carbons (Fsp3) is 0.933. The summed E-state index contributed by atoms with van der Waals surface area (Å²) in [6.07, 6.45) is 1.24. The van der Waals surface area contributed by atoms with Crippen LogP contribution < -0.4 is 0 Å². The minimum atomic E-state index is -0.863. The van der Waals surface area contributed by atoms with Gasteiger partial charge >= 0.3 is 11.9 Å². The van der Waals surface area contributed by atoms with Crippen molar-refractivity contribution in [3.8, 4) is 0 Å². The number of hydrogen-bond acceptors (Lipinski definition) is 14. The van der Waals surface area contributed by atoms with E-state index in [1.54, 1.807) is 0 Å². The molecule has 0 saturated carbocycles. The van der Waals surface area contributed by atoms with E-state index in [0.717, 1.165) is 5.33 Å². The molecule has 0 saturated heterocycles. The molecule has 0 aliphatic rings. The lowest BCUT2D eigenvalue weighted by molar-refractivity contribution is -0.146. The Kier molecular flexibility index (Phi) is 39.3. The van der Waals surface area contributed by atoms with E-state index < -0.39 is 5.97 Å². The molecule has 46 heavy (non-hydrogen) atoms.